The second kappa shape index (κ2) is 6.52. The third-order valence-electron chi connectivity index (χ3n) is 5.24. The van der Waals surface area contributed by atoms with Gasteiger partial charge in [-0.05, 0) is 49.6 Å². The first-order chi connectivity index (χ1) is 12.5. The van der Waals surface area contributed by atoms with E-state index in [0.29, 0.717) is 18.5 Å². The molecule has 26 heavy (non-hydrogen) atoms. The molecule has 0 spiro atoms. The molecule has 0 bridgehead atoms. The minimum Gasteiger partial charge on any atom is -0.294 e. The van der Waals surface area contributed by atoms with Crippen LogP contribution < -0.4 is 4.90 Å². The van der Waals surface area contributed by atoms with Gasteiger partial charge in [-0.25, -0.2) is 4.39 Å². The van der Waals surface area contributed by atoms with Gasteiger partial charge in [-0.3, -0.25) is 14.5 Å². The van der Waals surface area contributed by atoms with E-state index in [9.17, 15) is 14.0 Å². The number of Topliss-reactive ketones (excluding diaryl/α,β-unsaturated/α-hetero) is 1. The number of hydrogen-bond acceptors (Lipinski definition) is 2. The number of hydrogen-bond donors (Lipinski definition) is 0. The molecule has 132 valence electrons. The molecule has 0 fully saturated rings. The summed E-state index contributed by atoms with van der Waals surface area (Å²) in [6, 6.07) is 13.9. The summed E-state index contributed by atoms with van der Waals surface area (Å²) in [6.07, 6.45) is 2.20. The first kappa shape index (κ1) is 16.7. The van der Waals surface area contributed by atoms with Crippen LogP contribution >= 0.6 is 0 Å². The number of allylic oxidation sites excluding steroid dienone is 2. The van der Waals surface area contributed by atoms with Crippen LogP contribution in [0.15, 0.2) is 59.8 Å². The van der Waals surface area contributed by atoms with E-state index in [0.717, 1.165) is 28.8 Å². The van der Waals surface area contributed by atoms with Crippen molar-refractivity contribution in [3.05, 3.63) is 76.7 Å². The SMILES string of the molecule is Cc1ccc([C@H]2CC(=O)N(c3ccc(F)cc3)C3=C2C(=O)CCC3)cc1. The molecule has 0 saturated carbocycles. The molecule has 1 aliphatic heterocycles. The van der Waals surface area contributed by atoms with Gasteiger partial charge in [0.25, 0.3) is 0 Å². The van der Waals surface area contributed by atoms with Crippen molar-refractivity contribution in [2.75, 3.05) is 4.90 Å². The van der Waals surface area contributed by atoms with Gasteiger partial charge in [-0.1, -0.05) is 29.8 Å². The van der Waals surface area contributed by atoms with Gasteiger partial charge < -0.3 is 0 Å². The molecule has 1 heterocycles. The molecular weight excluding hydrogens is 329 g/mol. The zero-order chi connectivity index (χ0) is 18.3. The Labute approximate surface area is 152 Å². The third kappa shape index (κ3) is 2.85. The van der Waals surface area contributed by atoms with E-state index in [1.165, 1.54) is 12.1 Å². The van der Waals surface area contributed by atoms with Gasteiger partial charge in [-0.2, -0.15) is 0 Å². The molecule has 2 aliphatic rings. The number of carbonyl (C=O) groups is 2. The Bertz CT molecular complexity index is 897. The van der Waals surface area contributed by atoms with Crippen LogP contribution in [0.4, 0.5) is 10.1 Å². The predicted octanol–water partition coefficient (Wildman–Crippen LogP) is 4.66. The highest BCUT2D eigenvalue weighted by molar-refractivity contribution is 6.07. The van der Waals surface area contributed by atoms with E-state index in [1.807, 2.05) is 31.2 Å². The van der Waals surface area contributed by atoms with Crippen molar-refractivity contribution in [1.29, 1.82) is 0 Å². The van der Waals surface area contributed by atoms with Crippen LogP contribution in [0, 0.1) is 12.7 Å². The summed E-state index contributed by atoms with van der Waals surface area (Å²) in [5.74, 6) is -0.459. The highest BCUT2D eigenvalue weighted by Crippen LogP contribution is 2.43. The highest BCUT2D eigenvalue weighted by Gasteiger charge is 2.39. The molecule has 0 N–H and O–H groups in total. The zero-order valence-corrected chi connectivity index (χ0v) is 14.7. The predicted molar refractivity (Wildman–Crippen MR) is 98.3 cm³/mol. The van der Waals surface area contributed by atoms with Gasteiger partial charge in [0.1, 0.15) is 5.82 Å². The Morgan fingerprint density at radius 3 is 2.35 bits per heavy atom. The van der Waals surface area contributed by atoms with Gasteiger partial charge in [0.15, 0.2) is 5.78 Å². The van der Waals surface area contributed by atoms with Crippen molar-refractivity contribution >= 4 is 17.4 Å². The normalized spacial score (nSPS) is 20.4. The quantitative estimate of drug-likeness (QED) is 0.791. The Morgan fingerprint density at radius 2 is 1.65 bits per heavy atom. The van der Waals surface area contributed by atoms with Crippen molar-refractivity contribution in [3.8, 4) is 0 Å². The summed E-state index contributed by atoms with van der Waals surface area (Å²) >= 11 is 0. The molecule has 2 aromatic carbocycles. The lowest BCUT2D eigenvalue weighted by Crippen LogP contribution is -2.40. The maximum atomic E-state index is 13.3. The average molecular weight is 349 g/mol. The second-order valence-electron chi connectivity index (χ2n) is 7.01. The number of amides is 1. The topological polar surface area (TPSA) is 37.4 Å². The molecular formula is C22H20FNO2. The van der Waals surface area contributed by atoms with E-state index < -0.39 is 0 Å². The number of nitrogens with zero attached hydrogens (tertiary/aromatic N) is 1. The molecule has 4 rings (SSSR count). The molecule has 0 aromatic heterocycles. The first-order valence-electron chi connectivity index (χ1n) is 8.96. The smallest absolute Gasteiger partial charge is 0.232 e. The number of aryl methyl sites for hydroxylation is 1. The Morgan fingerprint density at radius 1 is 0.962 bits per heavy atom. The summed E-state index contributed by atoms with van der Waals surface area (Å²) in [5.41, 5.74) is 4.32. The molecule has 1 atom stereocenters. The van der Waals surface area contributed by atoms with Crippen LogP contribution in [0.25, 0.3) is 0 Å². The Kier molecular flexibility index (Phi) is 4.19. The van der Waals surface area contributed by atoms with E-state index >= 15 is 0 Å². The molecule has 1 aliphatic carbocycles. The molecule has 3 nitrogen and oxygen atoms in total. The number of anilines is 1. The van der Waals surface area contributed by atoms with Gasteiger partial charge in [0, 0.05) is 35.7 Å². The summed E-state index contributed by atoms with van der Waals surface area (Å²) in [4.78, 5) is 27.4. The van der Waals surface area contributed by atoms with Crippen LogP contribution in [0.2, 0.25) is 0 Å². The number of rotatable bonds is 2. The summed E-state index contributed by atoms with van der Waals surface area (Å²) in [5, 5.41) is 0. The molecule has 4 heteroatoms. The Balaban J connectivity index is 1.84. The van der Waals surface area contributed by atoms with Crippen molar-refractivity contribution in [2.24, 2.45) is 0 Å². The van der Waals surface area contributed by atoms with E-state index in [-0.39, 0.29) is 29.8 Å². The molecule has 1 amide bonds. The number of carbonyl (C=O) groups excluding carboxylic acids is 2. The first-order valence-corrected chi connectivity index (χ1v) is 8.96. The van der Waals surface area contributed by atoms with E-state index in [1.54, 1.807) is 17.0 Å². The number of benzene rings is 2. The maximum Gasteiger partial charge on any atom is 0.232 e. The summed E-state index contributed by atoms with van der Waals surface area (Å²) < 4.78 is 13.3. The Hall–Kier alpha value is -2.75. The van der Waals surface area contributed by atoms with Crippen molar-refractivity contribution in [1.82, 2.24) is 0 Å². The van der Waals surface area contributed by atoms with Crippen LogP contribution in [0.3, 0.4) is 0 Å². The summed E-state index contributed by atoms with van der Waals surface area (Å²) in [7, 11) is 0. The van der Waals surface area contributed by atoms with Gasteiger partial charge in [0.05, 0.1) is 0 Å². The molecule has 2 aromatic rings. The lowest BCUT2D eigenvalue weighted by Gasteiger charge is -2.38. The van der Waals surface area contributed by atoms with Crippen LogP contribution in [0.1, 0.15) is 42.7 Å². The second-order valence-corrected chi connectivity index (χ2v) is 7.01. The van der Waals surface area contributed by atoms with Crippen molar-refractivity contribution in [2.45, 2.75) is 38.5 Å². The number of ketones is 1. The third-order valence-corrected chi connectivity index (χ3v) is 5.24. The standard InChI is InChI=1S/C22H20FNO2/c1-14-5-7-15(8-6-14)18-13-21(26)24(17-11-9-16(23)10-12-17)19-3-2-4-20(25)22(18)19/h5-12,18H,2-4,13H2,1H3/t18-/m1/s1. The van der Waals surface area contributed by atoms with Crippen LogP contribution in [-0.2, 0) is 9.59 Å². The average Bonchev–Trinajstić information content (AvgIpc) is 2.63. The van der Waals surface area contributed by atoms with Crippen molar-refractivity contribution < 1.29 is 14.0 Å². The maximum absolute atomic E-state index is 13.3. The molecule has 0 radical (unpaired) electrons. The minimum absolute atomic E-state index is 0.0457. The van der Waals surface area contributed by atoms with Crippen LogP contribution in [0.5, 0.6) is 0 Å². The lowest BCUT2D eigenvalue weighted by molar-refractivity contribution is -0.119. The lowest BCUT2D eigenvalue weighted by atomic mass is 9.77. The van der Waals surface area contributed by atoms with Crippen molar-refractivity contribution in [3.63, 3.8) is 0 Å². The fourth-order valence-electron chi connectivity index (χ4n) is 3.97. The van der Waals surface area contributed by atoms with Crippen LogP contribution in [-0.4, -0.2) is 11.7 Å². The monoisotopic (exact) mass is 349 g/mol. The highest BCUT2D eigenvalue weighted by atomic mass is 19.1. The molecule has 0 saturated heterocycles. The summed E-state index contributed by atoms with van der Waals surface area (Å²) in [6.45, 7) is 2.02. The van der Waals surface area contributed by atoms with E-state index in [4.69, 9.17) is 0 Å². The van der Waals surface area contributed by atoms with Gasteiger partial charge in [0.2, 0.25) is 5.91 Å². The van der Waals surface area contributed by atoms with E-state index in [2.05, 4.69) is 0 Å². The molecule has 0 unspecified atom stereocenters. The fourth-order valence-corrected chi connectivity index (χ4v) is 3.97. The zero-order valence-electron chi connectivity index (χ0n) is 14.7. The van der Waals surface area contributed by atoms with Gasteiger partial charge >= 0.3 is 0 Å². The number of halogens is 1. The largest absolute Gasteiger partial charge is 0.294 e. The van der Waals surface area contributed by atoms with Gasteiger partial charge in [-0.15, -0.1) is 0 Å². The fraction of sp³-hybridized carbons (Fsp3) is 0.273. The minimum atomic E-state index is -0.343.